The third kappa shape index (κ3) is 6.17. The Kier molecular flexibility index (Phi) is 8.64. The van der Waals surface area contributed by atoms with Crippen molar-refractivity contribution in [2.75, 3.05) is 40.0 Å². The molecule has 0 aliphatic heterocycles. The van der Waals surface area contributed by atoms with E-state index < -0.39 is 0 Å². The van der Waals surface area contributed by atoms with Crippen molar-refractivity contribution in [1.29, 1.82) is 0 Å². The maximum Gasteiger partial charge on any atom is 0.0487 e. The lowest BCUT2D eigenvalue weighted by atomic mass is 9.72. The van der Waals surface area contributed by atoms with Gasteiger partial charge in [-0.3, -0.25) is 0 Å². The van der Waals surface area contributed by atoms with Gasteiger partial charge in [0.1, 0.15) is 0 Å². The highest BCUT2D eigenvalue weighted by Gasteiger charge is 2.30. The molecule has 3 heteroatoms. The molecule has 0 spiro atoms. The van der Waals surface area contributed by atoms with Crippen LogP contribution in [0.3, 0.4) is 0 Å². The zero-order valence-electron chi connectivity index (χ0n) is 12.3. The minimum absolute atomic E-state index is 0.509. The lowest BCUT2D eigenvalue weighted by Crippen LogP contribution is -2.37. The summed E-state index contributed by atoms with van der Waals surface area (Å²) in [5, 5.41) is 3.54. The summed E-state index contributed by atoms with van der Waals surface area (Å²) in [5.74, 6) is 0. The SMILES string of the molecule is CCNCC1(CCOCCCOC)CCCCC1. The zero-order valence-corrected chi connectivity index (χ0v) is 12.3. The minimum atomic E-state index is 0.509. The molecule has 1 rings (SSSR count). The van der Waals surface area contributed by atoms with Crippen LogP contribution in [0.25, 0.3) is 0 Å². The molecule has 1 fully saturated rings. The summed E-state index contributed by atoms with van der Waals surface area (Å²) in [5.41, 5.74) is 0.509. The second-order valence-electron chi connectivity index (χ2n) is 5.55. The maximum atomic E-state index is 5.74. The van der Waals surface area contributed by atoms with E-state index in [1.165, 1.54) is 45.1 Å². The summed E-state index contributed by atoms with van der Waals surface area (Å²) in [4.78, 5) is 0. The molecule has 0 aromatic carbocycles. The Balaban J connectivity index is 2.19. The molecular weight excluding hydrogens is 226 g/mol. The molecule has 1 aliphatic rings. The van der Waals surface area contributed by atoms with E-state index in [1.54, 1.807) is 7.11 Å². The minimum Gasteiger partial charge on any atom is -0.385 e. The van der Waals surface area contributed by atoms with Crippen molar-refractivity contribution in [3.05, 3.63) is 0 Å². The van der Waals surface area contributed by atoms with Crippen LogP contribution in [-0.2, 0) is 9.47 Å². The van der Waals surface area contributed by atoms with E-state index >= 15 is 0 Å². The van der Waals surface area contributed by atoms with Gasteiger partial charge in [-0.15, -0.1) is 0 Å². The predicted molar refractivity (Wildman–Crippen MR) is 76.0 cm³/mol. The second kappa shape index (κ2) is 9.76. The first-order chi connectivity index (χ1) is 8.83. The first-order valence-corrected chi connectivity index (χ1v) is 7.60. The van der Waals surface area contributed by atoms with E-state index in [-0.39, 0.29) is 0 Å². The summed E-state index contributed by atoms with van der Waals surface area (Å²) in [6.45, 7) is 7.00. The molecule has 0 atom stereocenters. The molecule has 0 aromatic heterocycles. The van der Waals surface area contributed by atoms with Crippen LogP contribution >= 0.6 is 0 Å². The lowest BCUT2D eigenvalue weighted by Gasteiger charge is -2.37. The van der Waals surface area contributed by atoms with E-state index in [0.717, 1.165) is 32.8 Å². The van der Waals surface area contributed by atoms with Gasteiger partial charge < -0.3 is 14.8 Å². The van der Waals surface area contributed by atoms with Gasteiger partial charge in [0.15, 0.2) is 0 Å². The number of nitrogens with one attached hydrogen (secondary N) is 1. The van der Waals surface area contributed by atoms with Gasteiger partial charge in [0, 0.05) is 33.5 Å². The number of hydrogen-bond acceptors (Lipinski definition) is 3. The standard InChI is InChI=1S/C15H31NO2/c1-3-16-14-15(8-5-4-6-9-15)10-13-18-12-7-11-17-2/h16H,3-14H2,1-2H3. The van der Waals surface area contributed by atoms with Gasteiger partial charge in [-0.2, -0.15) is 0 Å². The summed E-state index contributed by atoms with van der Waals surface area (Å²) >= 11 is 0. The fourth-order valence-corrected chi connectivity index (χ4v) is 2.90. The third-order valence-electron chi connectivity index (χ3n) is 4.08. The van der Waals surface area contributed by atoms with Crippen LogP contribution in [0.15, 0.2) is 0 Å². The number of hydrogen-bond donors (Lipinski definition) is 1. The molecule has 0 unspecified atom stereocenters. The van der Waals surface area contributed by atoms with Gasteiger partial charge in [-0.1, -0.05) is 26.2 Å². The Bertz CT molecular complexity index is 191. The van der Waals surface area contributed by atoms with Crippen LogP contribution in [0.1, 0.15) is 51.9 Å². The quantitative estimate of drug-likeness (QED) is 0.610. The van der Waals surface area contributed by atoms with Crippen molar-refractivity contribution in [3.8, 4) is 0 Å². The maximum absolute atomic E-state index is 5.74. The Morgan fingerprint density at radius 1 is 1.06 bits per heavy atom. The molecule has 0 aromatic rings. The van der Waals surface area contributed by atoms with Crippen molar-refractivity contribution in [1.82, 2.24) is 5.32 Å². The molecule has 0 heterocycles. The van der Waals surface area contributed by atoms with Gasteiger partial charge in [-0.25, -0.2) is 0 Å². The normalized spacial score (nSPS) is 19.0. The Morgan fingerprint density at radius 3 is 2.50 bits per heavy atom. The highest BCUT2D eigenvalue weighted by Crippen LogP contribution is 2.38. The van der Waals surface area contributed by atoms with Crippen molar-refractivity contribution >= 4 is 0 Å². The second-order valence-corrected chi connectivity index (χ2v) is 5.55. The smallest absolute Gasteiger partial charge is 0.0487 e. The number of rotatable bonds is 10. The Hall–Kier alpha value is -0.120. The van der Waals surface area contributed by atoms with E-state index in [0.29, 0.717) is 5.41 Å². The molecule has 18 heavy (non-hydrogen) atoms. The van der Waals surface area contributed by atoms with Crippen molar-refractivity contribution < 1.29 is 9.47 Å². The van der Waals surface area contributed by atoms with Crippen LogP contribution in [0.4, 0.5) is 0 Å². The molecule has 1 aliphatic carbocycles. The molecule has 0 amide bonds. The van der Waals surface area contributed by atoms with Gasteiger partial charge >= 0.3 is 0 Å². The fraction of sp³-hybridized carbons (Fsp3) is 1.00. The molecular formula is C15H31NO2. The zero-order chi connectivity index (χ0) is 13.1. The monoisotopic (exact) mass is 257 g/mol. The largest absolute Gasteiger partial charge is 0.385 e. The van der Waals surface area contributed by atoms with Gasteiger partial charge in [-0.05, 0) is 37.6 Å². The lowest BCUT2D eigenvalue weighted by molar-refractivity contribution is 0.0615. The van der Waals surface area contributed by atoms with Crippen molar-refractivity contribution in [2.24, 2.45) is 5.41 Å². The summed E-state index contributed by atoms with van der Waals surface area (Å²) in [7, 11) is 1.74. The van der Waals surface area contributed by atoms with Crippen LogP contribution < -0.4 is 5.32 Å². The van der Waals surface area contributed by atoms with Crippen LogP contribution in [-0.4, -0.2) is 40.0 Å². The highest BCUT2D eigenvalue weighted by atomic mass is 16.5. The van der Waals surface area contributed by atoms with Crippen molar-refractivity contribution in [3.63, 3.8) is 0 Å². The predicted octanol–water partition coefficient (Wildman–Crippen LogP) is 2.99. The van der Waals surface area contributed by atoms with Gasteiger partial charge in [0.2, 0.25) is 0 Å². The molecule has 1 saturated carbocycles. The molecule has 1 N–H and O–H groups in total. The molecule has 0 bridgehead atoms. The molecule has 0 saturated heterocycles. The first kappa shape index (κ1) is 15.9. The fourth-order valence-electron chi connectivity index (χ4n) is 2.90. The van der Waals surface area contributed by atoms with Gasteiger partial charge in [0.05, 0.1) is 0 Å². The molecule has 3 nitrogen and oxygen atoms in total. The van der Waals surface area contributed by atoms with Crippen LogP contribution in [0, 0.1) is 5.41 Å². The van der Waals surface area contributed by atoms with Gasteiger partial charge in [0.25, 0.3) is 0 Å². The van der Waals surface area contributed by atoms with Crippen LogP contribution in [0.2, 0.25) is 0 Å². The topological polar surface area (TPSA) is 30.5 Å². The highest BCUT2D eigenvalue weighted by molar-refractivity contribution is 4.84. The third-order valence-corrected chi connectivity index (χ3v) is 4.08. The van der Waals surface area contributed by atoms with E-state index in [4.69, 9.17) is 9.47 Å². The molecule has 108 valence electrons. The van der Waals surface area contributed by atoms with Crippen LogP contribution in [0.5, 0.6) is 0 Å². The average molecular weight is 257 g/mol. The number of methoxy groups -OCH3 is 1. The Morgan fingerprint density at radius 2 is 1.83 bits per heavy atom. The summed E-state index contributed by atoms with van der Waals surface area (Å²) in [6, 6.07) is 0. The summed E-state index contributed by atoms with van der Waals surface area (Å²) in [6.07, 6.45) is 9.19. The van der Waals surface area contributed by atoms with E-state index in [1.807, 2.05) is 0 Å². The van der Waals surface area contributed by atoms with Crippen molar-refractivity contribution in [2.45, 2.75) is 51.9 Å². The Labute approximate surface area is 113 Å². The first-order valence-electron chi connectivity index (χ1n) is 7.60. The molecule has 0 radical (unpaired) electrons. The van der Waals surface area contributed by atoms with E-state index in [9.17, 15) is 0 Å². The van der Waals surface area contributed by atoms with E-state index in [2.05, 4.69) is 12.2 Å². The number of ether oxygens (including phenoxy) is 2. The summed E-state index contributed by atoms with van der Waals surface area (Å²) < 4.78 is 10.8. The average Bonchev–Trinajstić information content (AvgIpc) is 2.42.